The molecule has 0 saturated carbocycles. The Bertz CT molecular complexity index is 193. The second kappa shape index (κ2) is 6.61. The molecule has 2 nitrogen and oxygen atoms in total. The van der Waals surface area contributed by atoms with Gasteiger partial charge in [0.25, 0.3) is 0 Å². The van der Waals surface area contributed by atoms with Crippen molar-refractivity contribution in [2.24, 2.45) is 17.6 Å². The van der Waals surface area contributed by atoms with Gasteiger partial charge in [-0.05, 0) is 51.0 Å². The average Bonchev–Trinajstić information content (AvgIpc) is 2.24. The van der Waals surface area contributed by atoms with Crippen molar-refractivity contribution in [1.29, 1.82) is 0 Å². The Morgan fingerprint density at radius 1 is 1.31 bits per heavy atom. The summed E-state index contributed by atoms with van der Waals surface area (Å²) in [5.74, 6) is 1.72. The van der Waals surface area contributed by atoms with E-state index >= 15 is 0 Å². The van der Waals surface area contributed by atoms with Crippen LogP contribution in [0.15, 0.2) is 0 Å². The van der Waals surface area contributed by atoms with Gasteiger partial charge in [0, 0.05) is 18.6 Å². The molecule has 0 spiro atoms. The van der Waals surface area contributed by atoms with Gasteiger partial charge >= 0.3 is 0 Å². The van der Waals surface area contributed by atoms with Gasteiger partial charge in [0.15, 0.2) is 0 Å². The van der Waals surface area contributed by atoms with Crippen LogP contribution in [0.3, 0.4) is 0 Å². The standard InChI is InChI=1S/C14H30N2/c1-5-14(15)7-6-8-16-10-11(2)9-12(3)13(16)4/h11-14H,5-10,15H2,1-4H3. The fraction of sp³-hybridized carbons (Fsp3) is 1.00. The van der Waals surface area contributed by atoms with E-state index in [-0.39, 0.29) is 0 Å². The minimum atomic E-state index is 0.412. The van der Waals surface area contributed by atoms with E-state index in [1.165, 1.54) is 32.4 Å². The van der Waals surface area contributed by atoms with Crippen LogP contribution in [0.4, 0.5) is 0 Å². The summed E-state index contributed by atoms with van der Waals surface area (Å²) in [7, 11) is 0. The van der Waals surface area contributed by atoms with Crippen molar-refractivity contribution < 1.29 is 0 Å². The predicted octanol–water partition coefficient (Wildman–Crippen LogP) is 2.87. The SMILES string of the molecule is CCC(N)CCCN1CC(C)CC(C)C1C. The first-order valence-corrected chi connectivity index (χ1v) is 7.04. The summed E-state index contributed by atoms with van der Waals surface area (Å²) < 4.78 is 0. The van der Waals surface area contributed by atoms with Crippen molar-refractivity contribution in [3.05, 3.63) is 0 Å². The molecule has 2 heteroatoms. The number of nitrogens with two attached hydrogens (primary N) is 1. The summed E-state index contributed by atoms with van der Waals surface area (Å²) in [4.78, 5) is 2.67. The van der Waals surface area contributed by atoms with Crippen LogP contribution >= 0.6 is 0 Å². The zero-order chi connectivity index (χ0) is 12.1. The van der Waals surface area contributed by atoms with E-state index in [1.54, 1.807) is 0 Å². The Morgan fingerprint density at radius 3 is 2.62 bits per heavy atom. The minimum absolute atomic E-state index is 0.412. The molecule has 1 saturated heterocycles. The highest BCUT2D eigenvalue weighted by molar-refractivity contribution is 4.81. The van der Waals surface area contributed by atoms with Crippen LogP contribution in [0.2, 0.25) is 0 Å². The van der Waals surface area contributed by atoms with E-state index in [0.29, 0.717) is 6.04 Å². The summed E-state index contributed by atoms with van der Waals surface area (Å²) >= 11 is 0. The summed E-state index contributed by atoms with van der Waals surface area (Å²) in [6.07, 6.45) is 4.95. The van der Waals surface area contributed by atoms with Gasteiger partial charge in [-0.1, -0.05) is 20.8 Å². The summed E-state index contributed by atoms with van der Waals surface area (Å²) in [5, 5.41) is 0. The Kier molecular flexibility index (Phi) is 5.77. The maximum Gasteiger partial charge on any atom is 0.00927 e. The van der Waals surface area contributed by atoms with Crippen LogP contribution in [0.25, 0.3) is 0 Å². The second-order valence-electron chi connectivity index (χ2n) is 5.86. The molecule has 96 valence electrons. The first-order valence-electron chi connectivity index (χ1n) is 7.04. The number of likely N-dealkylation sites (tertiary alicyclic amines) is 1. The van der Waals surface area contributed by atoms with Crippen LogP contribution in [0.5, 0.6) is 0 Å². The van der Waals surface area contributed by atoms with Gasteiger partial charge in [-0.25, -0.2) is 0 Å². The van der Waals surface area contributed by atoms with Crippen LogP contribution in [-0.2, 0) is 0 Å². The Hall–Kier alpha value is -0.0800. The predicted molar refractivity (Wildman–Crippen MR) is 71.5 cm³/mol. The molecule has 2 N–H and O–H groups in total. The van der Waals surface area contributed by atoms with Gasteiger partial charge in [-0.2, -0.15) is 0 Å². The largest absolute Gasteiger partial charge is 0.328 e. The molecule has 4 atom stereocenters. The van der Waals surface area contributed by atoms with Crippen LogP contribution in [-0.4, -0.2) is 30.1 Å². The van der Waals surface area contributed by atoms with Crippen molar-refractivity contribution in [2.45, 2.75) is 65.5 Å². The minimum Gasteiger partial charge on any atom is -0.328 e. The zero-order valence-electron chi connectivity index (χ0n) is 11.6. The number of piperidine rings is 1. The van der Waals surface area contributed by atoms with Gasteiger partial charge in [0.2, 0.25) is 0 Å². The topological polar surface area (TPSA) is 29.3 Å². The van der Waals surface area contributed by atoms with Crippen LogP contribution in [0.1, 0.15) is 53.4 Å². The molecule has 4 unspecified atom stereocenters. The number of nitrogens with zero attached hydrogens (tertiary/aromatic N) is 1. The molecule has 0 amide bonds. The molecule has 0 aromatic carbocycles. The molecule has 0 aromatic rings. The number of hydrogen-bond acceptors (Lipinski definition) is 2. The zero-order valence-corrected chi connectivity index (χ0v) is 11.6. The lowest BCUT2D eigenvalue weighted by molar-refractivity contribution is 0.0777. The summed E-state index contributed by atoms with van der Waals surface area (Å²) in [6, 6.07) is 1.17. The first-order chi connectivity index (χ1) is 7.54. The van der Waals surface area contributed by atoms with E-state index in [4.69, 9.17) is 5.73 Å². The Morgan fingerprint density at radius 2 is 2.00 bits per heavy atom. The Balaban J connectivity index is 2.29. The highest BCUT2D eigenvalue weighted by Gasteiger charge is 2.27. The van der Waals surface area contributed by atoms with E-state index in [2.05, 4.69) is 32.6 Å². The van der Waals surface area contributed by atoms with E-state index in [9.17, 15) is 0 Å². The van der Waals surface area contributed by atoms with Gasteiger partial charge in [0.1, 0.15) is 0 Å². The Labute approximate surface area is 102 Å². The second-order valence-corrected chi connectivity index (χ2v) is 5.86. The van der Waals surface area contributed by atoms with Crippen LogP contribution < -0.4 is 5.73 Å². The van der Waals surface area contributed by atoms with Gasteiger partial charge < -0.3 is 10.6 Å². The van der Waals surface area contributed by atoms with Crippen molar-refractivity contribution >= 4 is 0 Å². The van der Waals surface area contributed by atoms with Crippen molar-refractivity contribution in [3.63, 3.8) is 0 Å². The molecule has 0 aromatic heterocycles. The third kappa shape index (κ3) is 4.06. The smallest absolute Gasteiger partial charge is 0.00927 e. The molecule has 0 radical (unpaired) electrons. The highest BCUT2D eigenvalue weighted by Crippen LogP contribution is 2.26. The highest BCUT2D eigenvalue weighted by atomic mass is 15.2. The molecular formula is C14H30N2. The lowest BCUT2D eigenvalue weighted by Gasteiger charge is -2.41. The first kappa shape index (κ1) is 14.0. The lowest BCUT2D eigenvalue weighted by Crippen LogP contribution is -2.46. The molecule has 1 rings (SSSR count). The fourth-order valence-corrected chi connectivity index (χ4v) is 2.89. The normalized spacial score (nSPS) is 33.9. The molecule has 16 heavy (non-hydrogen) atoms. The molecule has 1 heterocycles. The third-order valence-corrected chi connectivity index (χ3v) is 4.26. The maximum atomic E-state index is 5.96. The van der Waals surface area contributed by atoms with Gasteiger partial charge in [0.05, 0.1) is 0 Å². The van der Waals surface area contributed by atoms with Crippen molar-refractivity contribution in [3.8, 4) is 0 Å². The fourth-order valence-electron chi connectivity index (χ4n) is 2.89. The monoisotopic (exact) mass is 226 g/mol. The molecular weight excluding hydrogens is 196 g/mol. The van der Waals surface area contributed by atoms with E-state index in [1.807, 2.05) is 0 Å². The van der Waals surface area contributed by atoms with E-state index in [0.717, 1.165) is 24.3 Å². The maximum absolute atomic E-state index is 5.96. The summed E-state index contributed by atoms with van der Waals surface area (Å²) in [6.45, 7) is 11.9. The number of rotatable bonds is 5. The van der Waals surface area contributed by atoms with Crippen molar-refractivity contribution in [2.75, 3.05) is 13.1 Å². The summed E-state index contributed by atoms with van der Waals surface area (Å²) in [5.41, 5.74) is 5.96. The van der Waals surface area contributed by atoms with Gasteiger partial charge in [-0.15, -0.1) is 0 Å². The van der Waals surface area contributed by atoms with Crippen LogP contribution in [0, 0.1) is 11.8 Å². The number of hydrogen-bond donors (Lipinski definition) is 1. The van der Waals surface area contributed by atoms with Gasteiger partial charge in [-0.3, -0.25) is 0 Å². The van der Waals surface area contributed by atoms with Crippen molar-refractivity contribution in [1.82, 2.24) is 4.90 Å². The van der Waals surface area contributed by atoms with E-state index < -0.39 is 0 Å². The molecule has 0 bridgehead atoms. The quantitative estimate of drug-likeness (QED) is 0.781. The molecule has 1 aliphatic rings. The molecule has 1 fully saturated rings. The molecule has 0 aliphatic carbocycles. The third-order valence-electron chi connectivity index (χ3n) is 4.26. The lowest BCUT2D eigenvalue weighted by atomic mass is 9.86. The average molecular weight is 226 g/mol. The molecule has 1 aliphatic heterocycles.